The first-order chi connectivity index (χ1) is 8.11. The molecule has 1 aliphatic rings. The van der Waals surface area contributed by atoms with Gasteiger partial charge in [0, 0.05) is 32.2 Å². The number of carbonyl (C=O) groups excluding carboxylic acids is 2. The molecule has 1 aliphatic heterocycles. The zero-order chi connectivity index (χ0) is 12.7. The average Bonchev–Trinajstić information content (AvgIpc) is 2.26. The van der Waals surface area contributed by atoms with Crippen LogP contribution in [0.3, 0.4) is 0 Å². The van der Waals surface area contributed by atoms with Crippen molar-refractivity contribution in [1.82, 2.24) is 20.9 Å². The van der Waals surface area contributed by atoms with Crippen molar-refractivity contribution in [3.63, 3.8) is 0 Å². The van der Waals surface area contributed by atoms with Gasteiger partial charge in [-0.2, -0.15) is 0 Å². The highest BCUT2D eigenvalue weighted by Gasteiger charge is 2.18. The van der Waals surface area contributed by atoms with Crippen molar-refractivity contribution in [3.05, 3.63) is 0 Å². The van der Waals surface area contributed by atoms with Crippen molar-refractivity contribution < 1.29 is 9.59 Å². The minimum absolute atomic E-state index is 0. The molecule has 1 atom stereocenters. The molecule has 106 valence electrons. The Kier molecular flexibility index (Phi) is 8.70. The minimum Gasteiger partial charge on any atom is -0.338 e. The molecular formula is C11H23ClN4O2. The summed E-state index contributed by atoms with van der Waals surface area (Å²) in [5.74, 6) is -0.243. The Morgan fingerprint density at radius 3 is 2.78 bits per heavy atom. The van der Waals surface area contributed by atoms with Gasteiger partial charge in [-0.05, 0) is 13.3 Å². The summed E-state index contributed by atoms with van der Waals surface area (Å²) in [6, 6.07) is -0.00880. The summed E-state index contributed by atoms with van der Waals surface area (Å²) in [6.45, 7) is 7.48. The Labute approximate surface area is 114 Å². The summed E-state index contributed by atoms with van der Waals surface area (Å²) in [6.07, 6.45) is 0.858. The normalized spacial score (nSPS) is 19.8. The van der Waals surface area contributed by atoms with Gasteiger partial charge in [0.05, 0.1) is 6.54 Å². The predicted molar refractivity (Wildman–Crippen MR) is 73.0 cm³/mol. The third kappa shape index (κ3) is 6.78. The molecule has 1 heterocycles. The zero-order valence-electron chi connectivity index (χ0n) is 11.0. The fourth-order valence-electron chi connectivity index (χ4n) is 1.81. The van der Waals surface area contributed by atoms with E-state index >= 15 is 0 Å². The lowest BCUT2D eigenvalue weighted by Crippen LogP contribution is -2.53. The Hall–Kier alpha value is -0.850. The maximum atomic E-state index is 11.6. The van der Waals surface area contributed by atoms with E-state index in [2.05, 4.69) is 22.9 Å². The summed E-state index contributed by atoms with van der Waals surface area (Å²) in [7, 11) is 0. The number of halogens is 1. The Morgan fingerprint density at radius 1 is 1.44 bits per heavy atom. The minimum atomic E-state index is -0.403. The van der Waals surface area contributed by atoms with Crippen molar-refractivity contribution in [2.45, 2.75) is 26.3 Å². The van der Waals surface area contributed by atoms with Crippen LogP contribution in [0, 0.1) is 0 Å². The molecule has 0 radical (unpaired) electrons. The van der Waals surface area contributed by atoms with E-state index in [0.29, 0.717) is 12.6 Å². The van der Waals surface area contributed by atoms with Gasteiger partial charge in [-0.1, -0.05) is 6.92 Å². The smallest absolute Gasteiger partial charge is 0.321 e. The first kappa shape index (κ1) is 17.2. The number of nitrogens with zero attached hydrogens (tertiary/aromatic N) is 1. The number of hydrogen-bond acceptors (Lipinski definition) is 4. The van der Waals surface area contributed by atoms with Crippen LogP contribution in [0.4, 0.5) is 4.79 Å². The van der Waals surface area contributed by atoms with Crippen LogP contribution in [0.2, 0.25) is 0 Å². The number of amides is 3. The van der Waals surface area contributed by atoms with Crippen molar-refractivity contribution in [1.29, 1.82) is 0 Å². The zero-order valence-corrected chi connectivity index (χ0v) is 11.8. The monoisotopic (exact) mass is 278 g/mol. The van der Waals surface area contributed by atoms with Gasteiger partial charge in [-0.15, -0.1) is 12.4 Å². The second-order valence-corrected chi connectivity index (χ2v) is 4.39. The van der Waals surface area contributed by atoms with E-state index < -0.39 is 6.03 Å². The number of imide groups is 1. The van der Waals surface area contributed by atoms with Gasteiger partial charge in [0.1, 0.15) is 0 Å². The van der Waals surface area contributed by atoms with Crippen LogP contribution in [-0.2, 0) is 4.79 Å². The number of piperazine rings is 1. The molecule has 1 unspecified atom stereocenters. The lowest BCUT2D eigenvalue weighted by atomic mass is 10.2. The Morgan fingerprint density at radius 2 is 2.17 bits per heavy atom. The molecule has 0 aromatic heterocycles. The first-order valence-electron chi connectivity index (χ1n) is 6.15. The third-order valence-electron chi connectivity index (χ3n) is 2.61. The third-order valence-corrected chi connectivity index (χ3v) is 2.61. The lowest BCUT2D eigenvalue weighted by Gasteiger charge is -2.31. The number of nitrogens with one attached hydrogen (secondary N) is 3. The van der Waals surface area contributed by atoms with Gasteiger partial charge in [0.25, 0.3) is 0 Å². The van der Waals surface area contributed by atoms with E-state index in [9.17, 15) is 9.59 Å². The molecule has 0 saturated carbocycles. The molecule has 3 N–H and O–H groups in total. The van der Waals surface area contributed by atoms with Crippen LogP contribution in [0.1, 0.15) is 20.3 Å². The van der Waals surface area contributed by atoms with E-state index in [1.54, 1.807) is 0 Å². The molecule has 0 spiro atoms. The Balaban J connectivity index is 0.00000289. The summed E-state index contributed by atoms with van der Waals surface area (Å²) in [5, 5.41) is 8.23. The fraction of sp³-hybridized carbons (Fsp3) is 0.818. The van der Waals surface area contributed by atoms with Gasteiger partial charge < -0.3 is 10.6 Å². The first-order valence-corrected chi connectivity index (χ1v) is 6.15. The molecule has 0 aromatic rings. The van der Waals surface area contributed by atoms with E-state index in [0.717, 1.165) is 26.1 Å². The van der Waals surface area contributed by atoms with Gasteiger partial charge >= 0.3 is 6.03 Å². The van der Waals surface area contributed by atoms with Crippen molar-refractivity contribution in [2.24, 2.45) is 0 Å². The van der Waals surface area contributed by atoms with Crippen molar-refractivity contribution in [3.8, 4) is 0 Å². The highest BCUT2D eigenvalue weighted by atomic mass is 35.5. The molecule has 6 nitrogen and oxygen atoms in total. The topological polar surface area (TPSA) is 73.5 Å². The SMILES string of the molecule is CCCNC(=O)NC(=O)CN1CCNC(C)C1.Cl. The number of carbonyl (C=O) groups is 2. The second kappa shape index (κ2) is 9.13. The summed E-state index contributed by atoms with van der Waals surface area (Å²) in [5.41, 5.74) is 0. The summed E-state index contributed by atoms with van der Waals surface area (Å²) >= 11 is 0. The summed E-state index contributed by atoms with van der Waals surface area (Å²) < 4.78 is 0. The van der Waals surface area contributed by atoms with E-state index in [1.807, 2.05) is 11.8 Å². The molecule has 1 fully saturated rings. The molecular weight excluding hydrogens is 256 g/mol. The highest BCUT2D eigenvalue weighted by Crippen LogP contribution is 1.97. The lowest BCUT2D eigenvalue weighted by molar-refractivity contribution is -0.121. The van der Waals surface area contributed by atoms with Crippen LogP contribution >= 0.6 is 12.4 Å². The van der Waals surface area contributed by atoms with Crippen LogP contribution < -0.4 is 16.0 Å². The second-order valence-electron chi connectivity index (χ2n) is 4.39. The van der Waals surface area contributed by atoms with Gasteiger partial charge in [0.2, 0.25) is 5.91 Å². The highest BCUT2D eigenvalue weighted by molar-refractivity contribution is 5.95. The van der Waals surface area contributed by atoms with Crippen LogP contribution in [-0.4, -0.2) is 55.6 Å². The number of rotatable bonds is 4. The average molecular weight is 279 g/mol. The largest absolute Gasteiger partial charge is 0.338 e. The maximum Gasteiger partial charge on any atom is 0.321 e. The standard InChI is InChI=1S/C11H22N4O2.ClH/c1-3-4-13-11(17)14-10(16)8-15-6-5-12-9(2)7-15;/h9,12H,3-8H2,1-2H3,(H2,13,14,16,17);1H. The Bertz CT molecular complexity index is 276. The number of hydrogen-bond donors (Lipinski definition) is 3. The molecule has 1 rings (SSSR count). The van der Waals surface area contributed by atoms with Crippen LogP contribution in [0.25, 0.3) is 0 Å². The van der Waals surface area contributed by atoms with E-state index in [4.69, 9.17) is 0 Å². The van der Waals surface area contributed by atoms with Crippen molar-refractivity contribution >= 4 is 24.3 Å². The van der Waals surface area contributed by atoms with E-state index in [1.165, 1.54) is 0 Å². The molecule has 0 aromatic carbocycles. The molecule has 1 saturated heterocycles. The van der Waals surface area contributed by atoms with Gasteiger partial charge in [-0.3, -0.25) is 15.0 Å². The summed E-state index contributed by atoms with van der Waals surface area (Å²) in [4.78, 5) is 24.8. The number of urea groups is 1. The molecule has 0 bridgehead atoms. The molecule has 3 amide bonds. The maximum absolute atomic E-state index is 11.6. The van der Waals surface area contributed by atoms with E-state index in [-0.39, 0.29) is 24.9 Å². The molecule has 7 heteroatoms. The van der Waals surface area contributed by atoms with Crippen LogP contribution in [0.15, 0.2) is 0 Å². The predicted octanol–water partition coefficient (Wildman–Crippen LogP) is -0.0623. The molecule has 0 aliphatic carbocycles. The fourth-order valence-corrected chi connectivity index (χ4v) is 1.81. The van der Waals surface area contributed by atoms with Gasteiger partial charge in [-0.25, -0.2) is 4.79 Å². The van der Waals surface area contributed by atoms with Crippen molar-refractivity contribution in [2.75, 3.05) is 32.7 Å². The molecule has 18 heavy (non-hydrogen) atoms. The van der Waals surface area contributed by atoms with Gasteiger partial charge in [0.15, 0.2) is 0 Å². The quantitative estimate of drug-likeness (QED) is 0.674. The van der Waals surface area contributed by atoms with Crippen LogP contribution in [0.5, 0.6) is 0 Å².